The fraction of sp³-hybridized carbons (Fsp3) is 0. The Kier molecular flexibility index (Phi) is 6.83. The fourth-order valence-electron chi connectivity index (χ4n) is 8.58. The molecule has 6 nitrogen and oxygen atoms in total. The second-order valence-corrected chi connectivity index (χ2v) is 14.5. The Morgan fingerprint density at radius 1 is 0.298 bits per heavy atom. The third-order valence-corrected chi connectivity index (χ3v) is 11.2. The Morgan fingerprint density at radius 3 is 1.23 bits per heavy atom. The van der Waals surface area contributed by atoms with Crippen molar-refractivity contribution in [1.82, 2.24) is 24.1 Å². The summed E-state index contributed by atoms with van der Waals surface area (Å²) in [5.74, 6) is 1.71. The zero-order valence-electron chi connectivity index (χ0n) is 30.5. The molecule has 0 aliphatic rings. The molecule has 0 unspecified atom stereocenters. The molecule has 0 bridgehead atoms. The Bertz CT molecular complexity index is 3310. The third-order valence-electron chi connectivity index (χ3n) is 11.2. The van der Waals surface area contributed by atoms with Crippen LogP contribution in [0.15, 0.2) is 192 Å². The van der Waals surface area contributed by atoms with E-state index in [9.17, 15) is 0 Å². The molecule has 6 heteroatoms. The first-order valence-corrected chi connectivity index (χ1v) is 19.1. The van der Waals surface area contributed by atoms with Crippen molar-refractivity contribution in [3.05, 3.63) is 188 Å². The molecular weight excluding hydrogens is 699 g/mol. The van der Waals surface area contributed by atoms with E-state index in [-0.39, 0.29) is 0 Å². The SMILES string of the molecule is c1cc(-c2cccc(-c3nc(-n4c5ccccc5c5ccccc54)nc(-n4c5ccccc5c5ccccc54)n3)c2)cc(-c2ccc3oc4ccccc4c3c2)c1. The monoisotopic (exact) mass is 729 g/mol. The summed E-state index contributed by atoms with van der Waals surface area (Å²) in [5, 5.41) is 6.83. The zero-order chi connectivity index (χ0) is 37.5. The summed E-state index contributed by atoms with van der Waals surface area (Å²) in [6, 6.07) is 65.7. The predicted molar refractivity (Wildman–Crippen MR) is 232 cm³/mol. The van der Waals surface area contributed by atoms with Crippen LogP contribution in [0.1, 0.15) is 0 Å². The van der Waals surface area contributed by atoms with Crippen molar-refractivity contribution in [2.45, 2.75) is 0 Å². The van der Waals surface area contributed by atoms with E-state index in [1.807, 2.05) is 12.1 Å². The molecule has 0 saturated carbocycles. The Labute approximate surface area is 326 Å². The summed E-state index contributed by atoms with van der Waals surface area (Å²) in [6.07, 6.45) is 0. The number of aromatic nitrogens is 5. The van der Waals surface area contributed by atoms with Gasteiger partial charge in [-0.25, -0.2) is 0 Å². The number of para-hydroxylation sites is 5. The summed E-state index contributed by atoms with van der Waals surface area (Å²) < 4.78 is 10.5. The molecule has 0 atom stereocenters. The van der Waals surface area contributed by atoms with E-state index in [1.165, 1.54) is 0 Å². The minimum atomic E-state index is 0.559. The number of furan rings is 1. The molecule has 0 aliphatic heterocycles. The molecular formula is C51H31N5O. The van der Waals surface area contributed by atoms with Crippen molar-refractivity contribution < 1.29 is 4.42 Å². The van der Waals surface area contributed by atoms with Gasteiger partial charge in [-0.15, -0.1) is 0 Å². The molecule has 0 saturated heterocycles. The van der Waals surface area contributed by atoms with Gasteiger partial charge in [-0.1, -0.05) is 133 Å². The van der Waals surface area contributed by atoms with Gasteiger partial charge in [0.15, 0.2) is 5.82 Å². The summed E-state index contributed by atoms with van der Waals surface area (Å²) in [4.78, 5) is 15.9. The predicted octanol–water partition coefficient (Wildman–Crippen LogP) is 13.0. The van der Waals surface area contributed by atoms with Gasteiger partial charge in [0.05, 0.1) is 22.1 Å². The van der Waals surface area contributed by atoms with Gasteiger partial charge >= 0.3 is 0 Å². The molecule has 4 heterocycles. The van der Waals surface area contributed by atoms with Crippen LogP contribution < -0.4 is 0 Å². The van der Waals surface area contributed by atoms with Crippen molar-refractivity contribution in [1.29, 1.82) is 0 Å². The van der Waals surface area contributed by atoms with Crippen LogP contribution >= 0.6 is 0 Å². The number of fused-ring (bicyclic) bond motifs is 9. The van der Waals surface area contributed by atoms with Gasteiger partial charge in [0.2, 0.25) is 11.9 Å². The highest BCUT2D eigenvalue weighted by atomic mass is 16.3. The second kappa shape index (κ2) is 12.3. The summed E-state index contributed by atoms with van der Waals surface area (Å²) >= 11 is 0. The van der Waals surface area contributed by atoms with Crippen LogP contribution in [-0.2, 0) is 0 Å². The molecule has 0 radical (unpaired) electrons. The lowest BCUT2D eigenvalue weighted by Crippen LogP contribution is -2.10. The lowest BCUT2D eigenvalue weighted by molar-refractivity contribution is 0.669. The molecule has 8 aromatic carbocycles. The summed E-state index contributed by atoms with van der Waals surface area (Å²) in [6.45, 7) is 0. The number of rotatable bonds is 5. The van der Waals surface area contributed by atoms with Crippen molar-refractivity contribution in [2.75, 3.05) is 0 Å². The second-order valence-electron chi connectivity index (χ2n) is 14.5. The largest absolute Gasteiger partial charge is 0.456 e. The summed E-state index contributed by atoms with van der Waals surface area (Å²) in [5.41, 5.74) is 11.3. The minimum absolute atomic E-state index is 0.559. The van der Waals surface area contributed by atoms with Crippen LogP contribution in [-0.4, -0.2) is 24.1 Å². The maximum Gasteiger partial charge on any atom is 0.240 e. The molecule has 0 amide bonds. The average Bonchev–Trinajstić information content (AvgIpc) is 3.94. The molecule has 57 heavy (non-hydrogen) atoms. The maximum absolute atomic E-state index is 6.12. The van der Waals surface area contributed by atoms with E-state index < -0.39 is 0 Å². The summed E-state index contributed by atoms with van der Waals surface area (Å²) in [7, 11) is 0. The zero-order valence-corrected chi connectivity index (χ0v) is 30.5. The molecule has 12 aromatic rings. The van der Waals surface area contributed by atoms with Crippen LogP contribution in [0.3, 0.4) is 0 Å². The van der Waals surface area contributed by atoms with Crippen LogP contribution in [0, 0.1) is 0 Å². The highest BCUT2D eigenvalue weighted by molar-refractivity contribution is 6.10. The number of hydrogen-bond acceptors (Lipinski definition) is 4. The van der Waals surface area contributed by atoms with Gasteiger partial charge in [0.1, 0.15) is 11.2 Å². The van der Waals surface area contributed by atoms with Gasteiger partial charge < -0.3 is 4.42 Å². The molecule has 0 N–H and O–H groups in total. The number of nitrogens with zero attached hydrogens (tertiary/aromatic N) is 5. The van der Waals surface area contributed by atoms with E-state index in [0.717, 1.165) is 93.4 Å². The highest BCUT2D eigenvalue weighted by Gasteiger charge is 2.20. The first kappa shape index (κ1) is 31.5. The van der Waals surface area contributed by atoms with Gasteiger partial charge in [0.25, 0.3) is 0 Å². The normalized spacial score (nSPS) is 11.9. The molecule has 4 aromatic heterocycles. The van der Waals surface area contributed by atoms with Gasteiger partial charge in [-0.05, 0) is 76.9 Å². The van der Waals surface area contributed by atoms with E-state index in [1.54, 1.807) is 0 Å². The van der Waals surface area contributed by atoms with E-state index >= 15 is 0 Å². The van der Waals surface area contributed by atoms with E-state index in [4.69, 9.17) is 19.4 Å². The molecule has 12 rings (SSSR count). The van der Waals surface area contributed by atoms with Crippen molar-refractivity contribution >= 4 is 65.6 Å². The van der Waals surface area contributed by atoms with Crippen LogP contribution in [0.5, 0.6) is 0 Å². The molecule has 266 valence electrons. The van der Waals surface area contributed by atoms with Gasteiger partial charge in [0, 0.05) is 37.9 Å². The smallest absolute Gasteiger partial charge is 0.240 e. The highest BCUT2D eigenvalue weighted by Crippen LogP contribution is 2.37. The van der Waals surface area contributed by atoms with Crippen molar-refractivity contribution in [3.63, 3.8) is 0 Å². The first-order chi connectivity index (χ1) is 28.2. The van der Waals surface area contributed by atoms with Gasteiger partial charge in [-0.2, -0.15) is 15.0 Å². The third kappa shape index (κ3) is 4.94. The average molecular weight is 730 g/mol. The molecule has 0 spiro atoms. The van der Waals surface area contributed by atoms with Crippen molar-refractivity contribution in [3.8, 4) is 45.5 Å². The number of hydrogen-bond donors (Lipinski definition) is 0. The quantitative estimate of drug-likeness (QED) is 0.177. The standard InChI is InChI=1S/C51H31N5O/c1-6-22-43-37(17-1)38-18-2-7-23-44(38)55(43)50-52-49(53-51(54-50)56-45-24-8-3-19-39(45)40-20-4-9-25-46(40)56)36-16-12-15-34(30-36)32-13-11-14-33(29-32)35-27-28-48-42(31-35)41-21-5-10-26-47(41)57-48/h1-31H. The van der Waals surface area contributed by atoms with Crippen LogP contribution in [0.25, 0.3) is 111 Å². The first-order valence-electron chi connectivity index (χ1n) is 19.1. The van der Waals surface area contributed by atoms with E-state index in [2.05, 4.69) is 185 Å². The Morgan fingerprint density at radius 2 is 0.702 bits per heavy atom. The Balaban J connectivity index is 1.05. The van der Waals surface area contributed by atoms with Crippen molar-refractivity contribution in [2.24, 2.45) is 0 Å². The van der Waals surface area contributed by atoms with Gasteiger partial charge in [-0.3, -0.25) is 9.13 Å². The topological polar surface area (TPSA) is 61.7 Å². The van der Waals surface area contributed by atoms with Crippen LogP contribution in [0.4, 0.5) is 0 Å². The number of benzene rings is 8. The Hall–Kier alpha value is -7.83. The lowest BCUT2D eigenvalue weighted by Gasteiger charge is -2.13. The molecule has 0 fully saturated rings. The fourth-order valence-corrected chi connectivity index (χ4v) is 8.58. The van der Waals surface area contributed by atoms with E-state index in [0.29, 0.717) is 17.7 Å². The maximum atomic E-state index is 6.12. The molecule has 0 aliphatic carbocycles. The van der Waals surface area contributed by atoms with Crippen LogP contribution in [0.2, 0.25) is 0 Å². The minimum Gasteiger partial charge on any atom is -0.456 e. The lowest BCUT2D eigenvalue weighted by atomic mass is 9.97.